The van der Waals surface area contributed by atoms with Gasteiger partial charge in [-0.1, -0.05) is 23.7 Å². The fourth-order valence-electron chi connectivity index (χ4n) is 1.92. The molecule has 2 N–H and O–H groups in total. The Balaban J connectivity index is 0.00000312. The summed E-state index contributed by atoms with van der Waals surface area (Å²) < 4.78 is 37.6. The van der Waals surface area contributed by atoms with Gasteiger partial charge in [0.15, 0.2) is 11.7 Å². The molecule has 0 saturated carbocycles. The number of guanidine groups is 1. The van der Waals surface area contributed by atoms with Crippen LogP contribution < -0.4 is 10.6 Å². The van der Waals surface area contributed by atoms with E-state index >= 15 is 0 Å². The van der Waals surface area contributed by atoms with E-state index in [9.17, 15) is 13.2 Å². The van der Waals surface area contributed by atoms with Gasteiger partial charge >= 0.3 is 6.18 Å². The SMILES string of the molecule is CN=C(NCc1nc(C(F)(F)F)cs1)NC(C)c1ccc(Cl)cc1.I. The first-order valence-corrected chi connectivity index (χ1v) is 8.29. The summed E-state index contributed by atoms with van der Waals surface area (Å²) in [6.07, 6.45) is -4.42. The number of alkyl halides is 3. The first kappa shape index (κ1) is 22.0. The molecule has 0 saturated heterocycles. The van der Waals surface area contributed by atoms with Crippen LogP contribution in [0.15, 0.2) is 34.6 Å². The van der Waals surface area contributed by atoms with E-state index in [1.807, 2.05) is 19.1 Å². The van der Waals surface area contributed by atoms with Crippen LogP contribution in [0.2, 0.25) is 5.02 Å². The van der Waals surface area contributed by atoms with Crippen molar-refractivity contribution in [1.82, 2.24) is 15.6 Å². The molecule has 0 amide bonds. The van der Waals surface area contributed by atoms with E-state index in [0.29, 0.717) is 16.0 Å². The van der Waals surface area contributed by atoms with Gasteiger partial charge in [-0.2, -0.15) is 13.2 Å². The normalized spacial score (nSPS) is 13.1. The monoisotopic (exact) mass is 504 g/mol. The van der Waals surface area contributed by atoms with Crippen LogP contribution in [0.5, 0.6) is 0 Å². The van der Waals surface area contributed by atoms with Gasteiger partial charge in [0, 0.05) is 17.5 Å². The van der Waals surface area contributed by atoms with Crippen LogP contribution in [0.25, 0.3) is 0 Å². The third-order valence-electron chi connectivity index (χ3n) is 3.20. The fraction of sp³-hybridized carbons (Fsp3) is 0.333. The molecule has 0 fully saturated rings. The van der Waals surface area contributed by atoms with Crippen molar-refractivity contribution < 1.29 is 13.2 Å². The molecule has 138 valence electrons. The number of nitrogens with zero attached hydrogens (tertiary/aromatic N) is 2. The number of rotatable bonds is 4. The Hall–Kier alpha value is -1.07. The molecule has 1 aromatic heterocycles. The molecule has 1 atom stereocenters. The maximum absolute atomic E-state index is 12.5. The van der Waals surface area contributed by atoms with E-state index in [2.05, 4.69) is 20.6 Å². The van der Waals surface area contributed by atoms with Gasteiger partial charge in [0.05, 0.1) is 12.6 Å². The summed E-state index contributed by atoms with van der Waals surface area (Å²) in [4.78, 5) is 7.63. The Morgan fingerprint density at radius 1 is 1.32 bits per heavy atom. The Kier molecular flexibility index (Phi) is 8.42. The van der Waals surface area contributed by atoms with E-state index < -0.39 is 11.9 Å². The summed E-state index contributed by atoms with van der Waals surface area (Å²) >= 11 is 6.81. The van der Waals surface area contributed by atoms with Gasteiger partial charge in [-0.3, -0.25) is 4.99 Å². The molecule has 4 nitrogen and oxygen atoms in total. The minimum Gasteiger partial charge on any atom is -0.350 e. The molecule has 0 aliphatic carbocycles. The highest BCUT2D eigenvalue weighted by molar-refractivity contribution is 14.0. The summed E-state index contributed by atoms with van der Waals surface area (Å²) in [7, 11) is 1.59. The zero-order valence-electron chi connectivity index (χ0n) is 13.4. The summed E-state index contributed by atoms with van der Waals surface area (Å²) in [5.41, 5.74) is 0.137. The first-order chi connectivity index (χ1) is 11.3. The number of thiazole rings is 1. The number of halogens is 5. The average Bonchev–Trinajstić information content (AvgIpc) is 3.01. The zero-order chi connectivity index (χ0) is 17.7. The van der Waals surface area contributed by atoms with Crippen molar-refractivity contribution in [3.05, 3.63) is 50.9 Å². The molecule has 0 aliphatic rings. The van der Waals surface area contributed by atoms with Crippen LogP contribution in [0.3, 0.4) is 0 Å². The fourth-order valence-corrected chi connectivity index (χ4v) is 2.78. The maximum Gasteiger partial charge on any atom is 0.434 e. The Bertz CT molecular complexity index is 704. The highest BCUT2D eigenvalue weighted by atomic mass is 127. The van der Waals surface area contributed by atoms with Gasteiger partial charge < -0.3 is 10.6 Å². The average molecular weight is 505 g/mol. The van der Waals surface area contributed by atoms with Gasteiger partial charge in [0.2, 0.25) is 0 Å². The molecule has 2 rings (SSSR count). The number of aliphatic imine (C=N–C) groups is 1. The third-order valence-corrected chi connectivity index (χ3v) is 4.30. The minimum atomic E-state index is -4.42. The lowest BCUT2D eigenvalue weighted by Gasteiger charge is -2.18. The number of benzene rings is 1. The Labute approximate surface area is 169 Å². The predicted octanol–water partition coefficient (Wildman–Crippen LogP) is 4.86. The number of hydrogen-bond acceptors (Lipinski definition) is 3. The van der Waals surface area contributed by atoms with Crippen molar-refractivity contribution in [1.29, 1.82) is 0 Å². The van der Waals surface area contributed by atoms with Crippen LogP contribution in [-0.4, -0.2) is 18.0 Å². The molecule has 25 heavy (non-hydrogen) atoms. The van der Waals surface area contributed by atoms with E-state index in [1.165, 1.54) is 0 Å². The lowest BCUT2D eigenvalue weighted by molar-refractivity contribution is -0.140. The van der Waals surface area contributed by atoms with Crippen LogP contribution in [-0.2, 0) is 12.7 Å². The molecule has 1 heterocycles. The van der Waals surface area contributed by atoms with Gasteiger partial charge in [0.25, 0.3) is 0 Å². The van der Waals surface area contributed by atoms with Gasteiger partial charge in [-0.15, -0.1) is 35.3 Å². The summed E-state index contributed by atoms with van der Waals surface area (Å²) in [5, 5.41) is 8.11. The van der Waals surface area contributed by atoms with Crippen molar-refractivity contribution in [3.8, 4) is 0 Å². The standard InChI is InChI=1S/C15H16ClF3N4S.HI/c1-9(10-3-5-11(16)6-4-10)22-14(20-2)21-7-13-23-12(8-24-13)15(17,18)19;/h3-6,8-9H,7H2,1-2H3,(H2,20,21,22);1H. The largest absolute Gasteiger partial charge is 0.434 e. The molecule has 0 aliphatic heterocycles. The molecular formula is C15H17ClF3IN4S. The summed E-state index contributed by atoms with van der Waals surface area (Å²) in [6.45, 7) is 2.11. The molecular weight excluding hydrogens is 488 g/mol. The third kappa shape index (κ3) is 6.63. The van der Waals surface area contributed by atoms with Crippen molar-refractivity contribution in [2.24, 2.45) is 4.99 Å². The Morgan fingerprint density at radius 2 is 1.96 bits per heavy atom. The van der Waals surface area contributed by atoms with Crippen LogP contribution in [0.4, 0.5) is 13.2 Å². The Morgan fingerprint density at radius 3 is 2.48 bits per heavy atom. The second-order valence-electron chi connectivity index (χ2n) is 4.97. The van der Waals surface area contributed by atoms with Crippen molar-refractivity contribution in [2.45, 2.75) is 25.7 Å². The molecule has 2 aromatic rings. The highest BCUT2D eigenvalue weighted by Crippen LogP contribution is 2.29. The quantitative estimate of drug-likeness (QED) is 0.355. The second kappa shape index (κ2) is 9.58. The molecule has 0 spiro atoms. The topological polar surface area (TPSA) is 49.3 Å². The number of hydrogen-bond donors (Lipinski definition) is 2. The van der Waals surface area contributed by atoms with Crippen LogP contribution >= 0.6 is 46.9 Å². The smallest absolute Gasteiger partial charge is 0.350 e. The van der Waals surface area contributed by atoms with E-state index in [0.717, 1.165) is 22.3 Å². The zero-order valence-corrected chi connectivity index (χ0v) is 17.3. The molecule has 10 heteroatoms. The number of nitrogens with one attached hydrogen (secondary N) is 2. The predicted molar refractivity (Wildman–Crippen MR) is 106 cm³/mol. The van der Waals surface area contributed by atoms with Crippen LogP contribution in [0.1, 0.15) is 29.2 Å². The van der Waals surface area contributed by atoms with Crippen molar-refractivity contribution >= 4 is 52.9 Å². The first-order valence-electron chi connectivity index (χ1n) is 7.04. The van der Waals surface area contributed by atoms with Gasteiger partial charge in [-0.25, -0.2) is 4.98 Å². The van der Waals surface area contributed by atoms with Gasteiger partial charge in [0.1, 0.15) is 5.01 Å². The lowest BCUT2D eigenvalue weighted by Crippen LogP contribution is -2.38. The molecule has 0 radical (unpaired) electrons. The highest BCUT2D eigenvalue weighted by Gasteiger charge is 2.33. The summed E-state index contributed by atoms with van der Waals surface area (Å²) in [6, 6.07) is 7.32. The molecule has 1 unspecified atom stereocenters. The van der Waals surface area contributed by atoms with Crippen molar-refractivity contribution in [2.75, 3.05) is 7.05 Å². The van der Waals surface area contributed by atoms with E-state index in [4.69, 9.17) is 11.6 Å². The van der Waals surface area contributed by atoms with Crippen molar-refractivity contribution in [3.63, 3.8) is 0 Å². The lowest BCUT2D eigenvalue weighted by atomic mass is 10.1. The van der Waals surface area contributed by atoms with E-state index in [-0.39, 0.29) is 36.6 Å². The van der Waals surface area contributed by atoms with Crippen LogP contribution in [0, 0.1) is 0 Å². The second-order valence-corrected chi connectivity index (χ2v) is 6.35. The maximum atomic E-state index is 12.5. The van der Waals surface area contributed by atoms with E-state index in [1.54, 1.807) is 19.2 Å². The summed E-state index contributed by atoms with van der Waals surface area (Å²) in [5.74, 6) is 0.473. The minimum absolute atomic E-state index is 0. The molecule has 0 bridgehead atoms. The molecule has 1 aromatic carbocycles. The number of aromatic nitrogens is 1. The van der Waals surface area contributed by atoms with Gasteiger partial charge in [-0.05, 0) is 24.6 Å².